The third-order valence-electron chi connectivity index (χ3n) is 3.87. The van der Waals surface area contributed by atoms with Crippen LogP contribution in [0.5, 0.6) is 5.75 Å². The second-order valence-corrected chi connectivity index (χ2v) is 7.96. The number of hydrogen-bond acceptors (Lipinski definition) is 6. The van der Waals surface area contributed by atoms with Crippen molar-refractivity contribution in [3.63, 3.8) is 0 Å². The lowest BCUT2D eigenvalue weighted by Crippen LogP contribution is -2.13. The van der Waals surface area contributed by atoms with Crippen LogP contribution in [0.15, 0.2) is 65.7 Å². The summed E-state index contributed by atoms with van der Waals surface area (Å²) < 4.78 is 28.5. The monoisotopic (exact) mass is 397 g/mol. The predicted molar refractivity (Wildman–Crippen MR) is 106 cm³/mol. The molecule has 0 atom stereocenters. The lowest BCUT2D eigenvalue weighted by Gasteiger charge is -2.11. The van der Waals surface area contributed by atoms with Crippen LogP contribution in [0.3, 0.4) is 0 Å². The summed E-state index contributed by atoms with van der Waals surface area (Å²) in [4.78, 5) is 12.6. The maximum Gasteiger partial charge on any atom is 0.259 e. The highest BCUT2D eigenvalue weighted by atomic mass is 32.2. The van der Waals surface area contributed by atoms with Crippen molar-refractivity contribution in [2.75, 3.05) is 18.2 Å². The van der Waals surface area contributed by atoms with Gasteiger partial charge in [-0.25, -0.2) is 8.42 Å². The Balaban J connectivity index is 1.83. The van der Waals surface area contributed by atoms with E-state index in [0.717, 1.165) is 6.26 Å². The van der Waals surface area contributed by atoms with Crippen LogP contribution < -0.4 is 10.1 Å². The molecule has 0 fully saturated rings. The maximum absolute atomic E-state index is 12.6. The number of amides is 1. The lowest BCUT2D eigenvalue weighted by molar-refractivity contribution is 0.102. The fourth-order valence-corrected chi connectivity index (χ4v) is 3.07. The van der Waals surface area contributed by atoms with E-state index in [0.29, 0.717) is 34.9 Å². The van der Waals surface area contributed by atoms with Gasteiger partial charge in [-0.15, -0.1) is 10.2 Å². The normalized spacial score (nSPS) is 11.1. The van der Waals surface area contributed by atoms with Crippen molar-refractivity contribution >= 4 is 21.4 Å². The Morgan fingerprint density at radius 3 is 2.50 bits per heavy atom. The largest absolute Gasteiger partial charge is 0.493 e. The van der Waals surface area contributed by atoms with E-state index in [1.54, 1.807) is 54.6 Å². The smallest absolute Gasteiger partial charge is 0.259 e. The summed E-state index contributed by atoms with van der Waals surface area (Å²) in [6, 6.07) is 17.1. The number of anilines is 1. The zero-order valence-electron chi connectivity index (χ0n) is 15.4. The molecule has 0 radical (unpaired) electrons. The summed E-state index contributed by atoms with van der Waals surface area (Å²) >= 11 is 0. The summed E-state index contributed by atoms with van der Waals surface area (Å²) in [7, 11) is -3.41. The molecule has 2 aromatic carbocycles. The van der Waals surface area contributed by atoms with Crippen molar-refractivity contribution < 1.29 is 17.9 Å². The second-order valence-electron chi connectivity index (χ2n) is 5.99. The number of carbonyl (C=O) groups is 1. The van der Waals surface area contributed by atoms with E-state index in [1.165, 1.54) is 6.07 Å². The summed E-state index contributed by atoms with van der Waals surface area (Å²) in [6.07, 6.45) is 1.08. The molecule has 1 aromatic heterocycles. The number of hydrogen-bond donors (Lipinski definition) is 1. The molecule has 0 aliphatic carbocycles. The Hall–Kier alpha value is -3.26. The SMILES string of the molecule is CCOc1ccccc1C(=O)Nc1cccc(-c2ccc(S(C)(=O)=O)nn2)c1. The van der Waals surface area contributed by atoms with Crippen molar-refractivity contribution in [2.45, 2.75) is 11.9 Å². The minimum Gasteiger partial charge on any atom is -0.493 e. The Kier molecular flexibility index (Phi) is 5.70. The van der Waals surface area contributed by atoms with Crippen LogP contribution in [0, 0.1) is 0 Å². The van der Waals surface area contributed by atoms with Gasteiger partial charge < -0.3 is 10.1 Å². The van der Waals surface area contributed by atoms with Crippen LogP contribution >= 0.6 is 0 Å². The van der Waals surface area contributed by atoms with Gasteiger partial charge in [0.1, 0.15) is 5.75 Å². The Morgan fingerprint density at radius 2 is 1.82 bits per heavy atom. The molecule has 0 unspecified atom stereocenters. The van der Waals surface area contributed by atoms with E-state index < -0.39 is 9.84 Å². The standard InChI is InChI=1S/C20H19N3O4S/c1-3-27-18-10-5-4-9-16(18)20(24)21-15-8-6-7-14(13-15)17-11-12-19(23-22-17)28(2,25)26/h4-13H,3H2,1-2H3,(H,21,24). The number of sulfone groups is 1. The molecule has 1 N–H and O–H groups in total. The van der Waals surface area contributed by atoms with Crippen molar-refractivity contribution in [3.8, 4) is 17.0 Å². The predicted octanol–water partition coefficient (Wildman–Crippen LogP) is 3.20. The minimum atomic E-state index is -3.41. The van der Waals surface area contributed by atoms with Crippen LogP contribution in [0.25, 0.3) is 11.3 Å². The summed E-state index contributed by atoms with van der Waals surface area (Å²) in [5.74, 6) is 0.223. The molecule has 0 bridgehead atoms. The van der Waals surface area contributed by atoms with Gasteiger partial charge in [-0.3, -0.25) is 4.79 Å². The van der Waals surface area contributed by atoms with Gasteiger partial charge in [0.15, 0.2) is 14.9 Å². The Morgan fingerprint density at radius 1 is 1.04 bits per heavy atom. The van der Waals surface area contributed by atoms with Crippen LogP contribution in [0.4, 0.5) is 5.69 Å². The van der Waals surface area contributed by atoms with E-state index in [1.807, 2.05) is 6.92 Å². The van der Waals surface area contributed by atoms with Crippen molar-refractivity contribution in [1.82, 2.24) is 10.2 Å². The average Bonchev–Trinajstić information content (AvgIpc) is 2.68. The van der Waals surface area contributed by atoms with Gasteiger partial charge in [0, 0.05) is 17.5 Å². The molecule has 3 aromatic rings. The van der Waals surface area contributed by atoms with Gasteiger partial charge in [-0.05, 0) is 43.3 Å². The van der Waals surface area contributed by atoms with E-state index in [-0.39, 0.29) is 10.9 Å². The number of carbonyl (C=O) groups excluding carboxylic acids is 1. The molecule has 0 spiro atoms. The minimum absolute atomic E-state index is 0.0896. The topological polar surface area (TPSA) is 98.2 Å². The zero-order chi connectivity index (χ0) is 20.1. The quantitative estimate of drug-likeness (QED) is 0.686. The van der Waals surface area contributed by atoms with Gasteiger partial charge in [0.05, 0.1) is 17.9 Å². The first-order chi connectivity index (χ1) is 13.4. The van der Waals surface area contributed by atoms with Crippen molar-refractivity contribution in [3.05, 3.63) is 66.2 Å². The van der Waals surface area contributed by atoms with E-state index >= 15 is 0 Å². The first kappa shape index (κ1) is 19.5. The molecule has 1 amide bonds. The van der Waals surface area contributed by atoms with Crippen LogP contribution in [0.2, 0.25) is 0 Å². The third-order valence-corrected chi connectivity index (χ3v) is 4.85. The van der Waals surface area contributed by atoms with Gasteiger partial charge >= 0.3 is 0 Å². The van der Waals surface area contributed by atoms with Crippen LogP contribution in [-0.4, -0.2) is 37.4 Å². The number of aromatic nitrogens is 2. The number of ether oxygens (including phenoxy) is 1. The highest BCUT2D eigenvalue weighted by molar-refractivity contribution is 7.90. The molecule has 0 saturated heterocycles. The first-order valence-electron chi connectivity index (χ1n) is 8.56. The van der Waals surface area contributed by atoms with Crippen LogP contribution in [-0.2, 0) is 9.84 Å². The third kappa shape index (κ3) is 4.52. The molecule has 0 aliphatic rings. The molecule has 28 heavy (non-hydrogen) atoms. The molecule has 144 valence electrons. The molecular weight excluding hydrogens is 378 g/mol. The van der Waals surface area contributed by atoms with E-state index in [9.17, 15) is 13.2 Å². The van der Waals surface area contributed by atoms with Gasteiger partial charge in [0.25, 0.3) is 5.91 Å². The van der Waals surface area contributed by atoms with Gasteiger partial charge in [0.2, 0.25) is 0 Å². The second kappa shape index (κ2) is 8.18. The van der Waals surface area contributed by atoms with Crippen molar-refractivity contribution in [2.24, 2.45) is 0 Å². The highest BCUT2D eigenvalue weighted by Gasteiger charge is 2.13. The number of rotatable bonds is 6. The highest BCUT2D eigenvalue weighted by Crippen LogP contribution is 2.23. The molecule has 0 aliphatic heterocycles. The number of benzene rings is 2. The fourth-order valence-electron chi connectivity index (χ4n) is 2.56. The summed E-state index contributed by atoms with van der Waals surface area (Å²) in [5.41, 5.74) is 2.21. The lowest BCUT2D eigenvalue weighted by atomic mass is 10.1. The first-order valence-corrected chi connectivity index (χ1v) is 10.4. The molecule has 7 nitrogen and oxygen atoms in total. The number of nitrogens with one attached hydrogen (secondary N) is 1. The maximum atomic E-state index is 12.6. The molecule has 1 heterocycles. The van der Waals surface area contributed by atoms with Crippen LogP contribution in [0.1, 0.15) is 17.3 Å². The zero-order valence-corrected chi connectivity index (χ0v) is 16.2. The Bertz CT molecular complexity index is 1100. The summed E-state index contributed by atoms with van der Waals surface area (Å²) in [6.45, 7) is 2.32. The number of nitrogens with zero attached hydrogens (tertiary/aromatic N) is 2. The average molecular weight is 397 g/mol. The molecule has 3 rings (SSSR count). The fraction of sp³-hybridized carbons (Fsp3) is 0.150. The van der Waals surface area contributed by atoms with E-state index in [2.05, 4.69) is 15.5 Å². The molecule has 8 heteroatoms. The molecule has 0 saturated carbocycles. The molecular formula is C20H19N3O4S. The summed E-state index contributed by atoms with van der Waals surface area (Å²) in [5, 5.41) is 10.5. The van der Waals surface area contributed by atoms with Gasteiger partial charge in [-0.1, -0.05) is 24.3 Å². The Labute approximate surface area is 163 Å². The van der Waals surface area contributed by atoms with Crippen molar-refractivity contribution in [1.29, 1.82) is 0 Å². The van der Waals surface area contributed by atoms with E-state index in [4.69, 9.17) is 4.74 Å². The number of para-hydroxylation sites is 1. The van der Waals surface area contributed by atoms with Gasteiger partial charge in [-0.2, -0.15) is 0 Å².